The molecule has 2 aromatic rings. The average Bonchev–Trinajstić information content (AvgIpc) is 2.41. The second kappa shape index (κ2) is 5.14. The maximum atomic E-state index is 5.95. The van der Waals surface area contributed by atoms with Crippen molar-refractivity contribution in [2.45, 2.75) is 0 Å². The summed E-state index contributed by atoms with van der Waals surface area (Å²) in [4.78, 5) is 4.04. The fraction of sp³-hybridized carbons (Fsp3) is 0.154. The van der Waals surface area contributed by atoms with E-state index in [1.54, 1.807) is 20.4 Å². The number of pyridine rings is 1. The van der Waals surface area contributed by atoms with Crippen molar-refractivity contribution in [1.82, 2.24) is 4.98 Å². The van der Waals surface area contributed by atoms with Gasteiger partial charge < -0.3 is 15.2 Å². The van der Waals surface area contributed by atoms with Gasteiger partial charge in [0.2, 0.25) is 0 Å². The third-order valence-corrected chi connectivity index (χ3v) is 2.93. The number of ether oxygens (including phenoxy) is 2. The zero-order chi connectivity index (χ0) is 13.1. The van der Waals surface area contributed by atoms with Gasteiger partial charge in [-0.25, -0.2) is 0 Å². The van der Waals surface area contributed by atoms with Gasteiger partial charge in [0.05, 0.1) is 24.9 Å². The van der Waals surface area contributed by atoms with Crippen molar-refractivity contribution in [3.05, 3.63) is 35.6 Å². The molecule has 0 aliphatic rings. The molecule has 0 saturated heterocycles. The summed E-state index contributed by atoms with van der Waals surface area (Å²) in [6, 6.07) is 5.53. The van der Waals surface area contributed by atoms with Gasteiger partial charge in [-0.15, -0.1) is 0 Å². The highest BCUT2D eigenvalue weighted by atomic mass is 35.5. The third kappa shape index (κ3) is 2.19. The zero-order valence-electron chi connectivity index (χ0n) is 10.1. The number of nitrogen functional groups attached to an aromatic ring is 1. The molecule has 0 aliphatic carbocycles. The van der Waals surface area contributed by atoms with Crippen LogP contribution in [0.1, 0.15) is 0 Å². The Labute approximate surface area is 110 Å². The van der Waals surface area contributed by atoms with Crippen molar-refractivity contribution in [1.29, 1.82) is 0 Å². The van der Waals surface area contributed by atoms with E-state index in [9.17, 15) is 0 Å². The molecule has 0 atom stereocenters. The van der Waals surface area contributed by atoms with Gasteiger partial charge in [0.1, 0.15) is 0 Å². The Bertz CT molecular complexity index is 573. The fourth-order valence-electron chi connectivity index (χ4n) is 1.68. The highest BCUT2D eigenvalue weighted by Gasteiger charge is 2.10. The molecule has 0 spiro atoms. The first-order valence-corrected chi connectivity index (χ1v) is 5.66. The molecule has 5 heteroatoms. The molecule has 2 N–H and O–H groups in total. The molecule has 0 bridgehead atoms. The minimum absolute atomic E-state index is 0.433. The molecule has 0 unspecified atom stereocenters. The number of halogens is 1. The molecule has 0 fully saturated rings. The van der Waals surface area contributed by atoms with E-state index in [2.05, 4.69) is 4.98 Å². The fourth-order valence-corrected chi connectivity index (χ4v) is 1.84. The molecule has 0 aliphatic heterocycles. The van der Waals surface area contributed by atoms with Gasteiger partial charge in [0.15, 0.2) is 11.5 Å². The second-order valence-corrected chi connectivity index (χ2v) is 4.06. The monoisotopic (exact) mass is 264 g/mol. The molecule has 2 rings (SSSR count). The van der Waals surface area contributed by atoms with Crippen LogP contribution in [0.5, 0.6) is 11.5 Å². The Morgan fingerprint density at radius 3 is 2.50 bits per heavy atom. The summed E-state index contributed by atoms with van der Waals surface area (Å²) in [6.45, 7) is 0. The molecular weight excluding hydrogens is 252 g/mol. The summed E-state index contributed by atoms with van der Waals surface area (Å²) in [5, 5.41) is 0.433. The van der Waals surface area contributed by atoms with Crippen LogP contribution in [0.2, 0.25) is 5.02 Å². The van der Waals surface area contributed by atoms with E-state index in [1.165, 1.54) is 6.20 Å². The summed E-state index contributed by atoms with van der Waals surface area (Å²) in [6.07, 6.45) is 3.18. The predicted molar refractivity (Wildman–Crippen MR) is 72.2 cm³/mol. The van der Waals surface area contributed by atoms with Gasteiger partial charge in [-0.2, -0.15) is 0 Å². The summed E-state index contributed by atoms with van der Waals surface area (Å²) in [5.41, 5.74) is 8.07. The number of nitrogens with two attached hydrogens (primary N) is 1. The molecular formula is C13H13ClN2O2. The van der Waals surface area contributed by atoms with E-state index in [0.29, 0.717) is 22.2 Å². The van der Waals surface area contributed by atoms with Crippen LogP contribution in [0.4, 0.5) is 5.69 Å². The van der Waals surface area contributed by atoms with Crippen LogP contribution in [-0.2, 0) is 0 Å². The predicted octanol–water partition coefficient (Wildman–Crippen LogP) is 3.00. The van der Waals surface area contributed by atoms with Crippen LogP contribution < -0.4 is 15.2 Å². The summed E-state index contributed by atoms with van der Waals surface area (Å²) < 4.78 is 10.4. The van der Waals surface area contributed by atoms with E-state index in [-0.39, 0.29) is 0 Å². The van der Waals surface area contributed by atoms with Crippen LogP contribution in [0.3, 0.4) is 0 Å². The maximum Gasteiger partial charge on any atom is 0.161 e. The first-order valence-electron chi connectivity index (χ1n) is 5.28. The molecule has 4 nitrogen and oxygen atoms in total. The number of anilines is 1. The SMILES string of the molecule is COc1ccc(-c2cncc(Cl)c2N)cc1OC. The van der Waals surface area contributed by atoms with Crippen molar-refractivity contribution >= 4 is 17.3 Å². The van der Waals surface area contributed by atoms with E-state index in [4.69, 9.17) is 26.8 Å². The van der Waals surface area contributed by atoms with Crippen LogP contribution in [0, 0.1) is 0 Å². The van der Waals surface area contributed by atoms with Gasteiger partial charge in [0.25, 0.3) is 0 Å². The quantitative estimate of drug-likeness (QED) is 0.926. The number of hydrogen-bond donors (Lipinski definition) is 1. The van der Waals surface area contributed by atoms with E-state index in [1.807, 2.05) is 18.2 Å². The van der Waals surface area contributed by atoms with Gasteiger partial charge >= 0.3 is 0 Å². The van der Waals surface area contributed by atoms with Gasteiger partial charge in [-0.1, -0.05) is 17.7 Å². The van der Waals surface area contributed by atoms with Crippen LogP contribution in [0.25, 0.3) is 11.1 Å². The minimum Gasteiger partial charge on any atom is -0.493 e. The number of methoxy groups -OCH3 is 2. The number of rotatable bonds is 3. The highest BCUT2D eigenvalue weighted by Crippen LogP contribution is 2.35. The number of hydrogen-bond acceptors (Lipinski definition) is 4. The molecule has 1 heterocycles. The van der Waals surface area contributed by atoms with E-state index in [0.717, 1.165) is 11.1 Å². The lowest BCUT2D eigenvalue weighted by molar-refractivity contribution is 0.355. The lowest BCUT2D eigenvalue weighted by Gasteiger charge is -2.11. The molecule has 1 aromatic heterocycles. The Morgan fingerprint density at radius 1 is 1.11 bits per heavy atom. The van der Waals surface area contributed by atoms with Crippen molar-refractivity contribution in [2.75, 3.05) is 20.0 Å². The van der Waals surface area contributed by atoms with Gasteiger partial charge in [0, 0.05) is 18.0 Å². The van der Waals surface area contributed by atoms with E-state index >= 15 is 0 Å². The Balaban J connectivity index is 2.54. The second-order valence-electron chi connectivity index (χ2n) is 3.65. The highest BCUT2D eigenvalue weighted by molar-refractivity contribution is 6.33. The average molecular weight is 265 g/mol. The lowest BCUT2D eigenvalue weighted by atomic mass is 10.1. The lowest BCUT2D eigenvalue weighted by Crippen LogP contribution is -1.94. The summed E-state index contributed by atoms with van der Waals surface area (Å²) in [7, 11) is 3.17. The van der Waals surface area contributed by atoms with Crippen molar-refractivity contribution in [2.24, 2.45) is 0 Å². The summed E-state index contributed by atoms with van der Waals surface area (Å²) in [5.74, 6) is 1.30. The summed E-state index contributed by atoms with van der Waals surface area (Å²) >= 11 is 5.95. The Morgan fingerprint density at radius 2 is 1.83 bits per heavy atom. The zero-order valence-corrected chi connectivity index (χ0v) is 10.9. The molecule has 0 amide bonds. The van der Waals surface area contributed by atoms with Crippen LogP contribution in [-0.4, -0.2) is 19.2 Å². The first kappa shape index (κ1) is 12.5. The van der Waals surface area contributed by atoms with Crippen molar-refractivity contribution < 1.29 is 9.47 Å². The molecule has 0 saturated carbocycles. The maximum absolute atomic E-state index is 5.95. The molecule has 94 valence electrons. The van der Waals surface area contributed by atoms with Crippen LogP contribution in [0.15, 0.2) is 30.6 Å². The number of nitrogens with zero attached hydrogens (tertiary/aromatic N) is 1. The smallest absolute Gasteiger partial charge is 0.161 e. The molecule has 1 aromatic carbocycles. The van der Waals surface area contributed by atoms with E-state index < -0.39 is 0 Å². The number of benzene rings is 1. The van der Waals surface area contributed by atoms with Crippen molar-refractivity contribution in [3.8, 4) is 22.6 Å². The molecule has 18 heavy (non-hydrogen) atoms. The molecule has 0 radical (unpaired) electrons. The van der Waals surface area contributed by atoms with Gasteiger partial charge in [-0.3, -0.25) is 4.98 Å². The topological polar surface area (TPSA) is 57.4 Å². The van der Waals surface area contributed by atoms with Crippen LogP contribution >= 0.6 is 11.6 Å². The number of aromatic nitrogens is 1. The normalized spacial score (nSPS) is 10.2. The largest absolute Gasteiger partial charge is 0.493 e. The Kier molecular flexibility index (Phi) is 3.58. The van der Waals surface area contributed by atoms with Crippen molar-refractivity contribution in [3.63, 3.8) is 0 Å². The minimum atomic E-state index is 0.433. The van der Waals surface area contributed by atoms with Gasteiger partial charge in [-0.05, 0) is 17.7 Å². The third-order valence-electron chi connectivity index (χ3n) is 2.63. The standard InChI is InChI=1S/C13H13ClN2O2/c1-17-11-4-3-8(5-12(11)18-2)9-6-16-7-10(14)13(9)15/h3-7H,1-2H3,(H2,15,16). The first-order chi connectivity index (χ1) is 8.67. The Hall–Kier alpha value is -1.94.